The number of aromatic hydroxyl groups is 1. The Labute approximate surface area is 172 Å². The molecule has 2 atom stereocenters. The number of phenolic OH excluding ortho intramolecular Hbond substituents is 1. The summed E-state index contributed by atoms with van der Waals surface area (Å²) in [5.41, 5.74) is 3.13. The summed E-state index contributed by atoms with van der Waals surface area (Å²) in [6, 6.07) is 10.5. The third-order valence-corrected chi connectivity index (χ3v) is 4.04. The standard InChI is InChI=1S/C21H23FN2O6/c1-3-29-18(10-11-19(26)24-28)20(14-6-9-17(25)16(22)12-14)30-21(27)23-15-7-4-13(2)5-8-15/h4-12,18,20,25,28H,3H2,1-2H3,(H,23,27)(H,24,26)/b11-10+/t18-,20-/m1/s1. The normalized spacial score (nSPS) is 12.9. The van der Waals surface area contributed by atoms with Crippen LogP contribution in [0.3, 0.4) is 0 Å². The third-order valence-electron chi connectivity index (χ3n) is 4.04. The lowest BCUT2D eigenvalue weighted by Gasteiger charge is -2.25. The molecule has 2 amide bonds. The van der Waals surface area contributed by atoms with E-state index in [4.69, 9.17) is 14.7 Å². The zero-order valence-electron chi connectivity index (χ0n) is 16.5. The number of nitrogens with one attached hydrogen (secondary N) is 2. The summed E-state index contributed by atoms with van der Waals surface area (Å²) in [5, 5.41) is 20.7. The summed E-state index contributed by atoms with van der Waals surface area (Å²) in [7, 11) is 0. The number of halogens is 1. The van der Waals surface area contributed by atoms with Crippen LogP contribution in [0, 0.1) is 12.7 Å². The monoisotopic (exact) mass is 418 g/mol. The molecule has 0 aromatic heterocycles. The molecule has 2 aromatic rings. The summed E-state index contributed by atoms with van der Waals surface area (Å²) in [6.45, 7) is 3.78. The minimum absolute atomic E-state index is 0.190. The van der Waals surface area contributed by atoms with Gasteiger partial charge in [0.15, 0.2) is 17.7 Å². The van der Waals surface area contributed by atoms with Crippen molar-refractivity contribution in [1.29, 1.82) is 0 Å². The van der Waals surface area contributed by atoms with E-state index in [-0.39, 0.29) is 12.2 Å². The summed E-state index contributed by atoms with van der Waals surface area (Å²) >= 11 is 0. The van der Waals surface area contributed by atoms with E-state index in [1.807, 2.05) is 19.1 Å². The number of amides is 2. The Morgan fingerprint density at radius 2 is 1.90 bits per heavy atom. The second-order valence-corrected chi connectivity index (χ2v) is 6.28. The minimum Gasteiger partial charge on any atom is -0.505 e. The smallest absolute Gasteiger partial charge is 0.412 e. The minimum atomic E-state index is -1.16. The van der Waals surface area contributed by atoms with Crippen LogP contribution in [0.25, 0.3) is 0 Å². The molecule has 0 aliphatic carbocycles. The van der Waals surface area contributed by atoms with Gasteiger partial charge in [0.25, 0.3) is 5.91 Å². The molecule has 0 aliphatic rings. The van der Waals surface area contributed by atoms with Gasteiger partial charge in [0.2, 0.25) is 0 Å². The van der Waals surface area contributed by atoms with Crippen molar-refractivity contribution >= 4 is 17.7 Å². The fraction of sp³-hybridized carbons (Fsp3) is 0.238. The summed E-state index contributed by atoms with van der Waals surface area (Å²) in [4.78, 5) is 23.8. The molecule has 0 bridgehead atoms. The second-order valence-electron chi connectivity index (χ2n) is 6.28. The van der Waals surface area contributed by atoms with Gasteiger partial charge in [-0.25, -0.2) is 14.7 Å². The maximum atomic E-state index is 13.9. The number of hydroxylamine groups is 1. The first-order valence-corrected chi connectivity index (χ1v) is 9.10. The van der Waals surface area contributed by atoms with Crippen molar-refractivity contribution in [1.82, 2.24) is 5.48 Å². The zero-order chi connectivity index (χ0) is 22.1. The number of benzene rings is 2. The molecule has 9 heteroatoms. The van der Waals surface area contributed by atoms with Crippen molar-refractivity contribution in [2.24, 2.45) is 0 Å². The van der Waals surface area contributed by atoms with Gasteiger partial charge in [-0.05, 0) is 49.8 Å². The molecule has 0 unspecified atom stereocenters. The van der Waals surface area contributed by atoms with E-state index in [1.54, 1.807) is 19.1 Å². The molecule has 2 rings (SSSR count). The Morgan fingerprint density at radius 1 is 1.20 bits per heavy atom. The van der Waals surface area contributed by atoms with Crippen LogP contribution in [0.4, 0.5) is 14.9 Å². The lowest BCUT2D eigenvalue weighted by Crippen LogP contribution is -2.28. The van der Waals surface area contributed by atoms with Crippen LogP contribution in [-0.4, -0.2) is 35.0 Å². The van der Waals surface area contributed by atoms with Gasteiger partial charge in [-0.15, -0.1) is 0 Å². The highest BCUT2D eigenvalue weighted by molar-refractivity contribution is 5.86. The van der Waals surface area contributed by atoms with Crippen LogP contribution in [0.5, 0.6) is 5.75 Å². The highest BCUT2D eigenvalue weighted by Crippen LogP contribution is 2.29. The SMILES string of the molecule is CCO[C@H](/C=C/C(=O)NO)[C@H](OC(=O)Nc1ccc(C)cc1)c1ccc(O)c(F)c1. The topological polar surface area (TPSA) is 117 Å². The van der Waals surface area contributed by atoms with Crippen LogP contribution in [0.15, 0.2) is 54.6 Å². The number of aryl methyl sites for hydroxylation is 1. The van der Waals surface area contributed by atoms with Crippen molar-refractivity contribution in [3.05, 3.63) is 71.6 Å². The quantitative estimate of drug-likeness (QED) is 0.296. The van der Waals surface area contributed by atoms with E-state index in [0.29, 0.717) is 5.69 Å². The molecule has 0 fully saturated rings. The fourth-order valence-corrected chi connectivity index (χ4v) is 2.58. The second kappa shape index (κ2) is 10.9. The number of carbonyl (C=O) groups excluding carboxylic acids is 2. The van der Waals surface area contributed by atoms with Crippen molar-refractivity contribution < 1.29 is 33.8 Å². The third kappa shape index (κ3) is 6.57. The molecule has 2 aromatic carbocycles. The zero-order valence-corrected chi connectivity index (χ0v) is 16.5. The van der Waals surface area contributed by atoms with Crippen molar-refractivity contribution in [3.63, 3.8) is 0 Å². The molecule has 30 heavy (non-hydrogen) atoms. The van der Waals surface area contributed by atoms with Gasteiger partial charge in [-0.3, -0.25) is 15.3 Å². The van der Waals surface area contributed by atoms with Gasteiger partial charge in [0.1, 0.15) is 6.10 Å². The van der Waals surface area contributed by atoms with Crippen molar-refractivity contribution in [2.45, 2.75) is 26.1 Å². The maximum Gasteiger partial charge on any atom is 0.412 e. The van der Waals surface area contributed by atoms with Gasteiger partial charge in [0.05, 0.1) is 0 Å². The molecule has 0 aliphatic heterocycles. The van der Waals surface area contributed by atoms with Gasteiger partial charge < -0.3 is 14.6 Å². The lowest BCUT2D eigenvalue weighted by molar-refractivity contribution is -0.124. The van der Waals surface area contributed by atoms with Crippen LogP contribution in [0.1, 0.15) is 24.2 Å². The molecule has 0 spiro atoms. The molecule has 160 valence electrons. The van der Waals surface area contributed by atoms with E-state index >= 15 is 0 Å². The maximum absolute atomic E-state index is 13.9. The van der Waals surface area contributed by atoms with Crippen LogP contribution < -0.4 is 10.8 Å². The molecule has 0 radical (unpaired) electrons. The Hall–Kier alpha value is -3.43. The molecule has 0 saturated carbocycles. The Morgan fingerprint density at radius 3 is 2.50 bits per heavy atom. The average molecular weight is 418 g/mol. The van der Waals surface area contributed by atoms with E-state index in [2.05, 4.69) is 5.32 Å². The number of ether oxygens (including phenoxy) is 2. The average Bonchev–Trinajstić information content (AvgIpc) is 2.73. The van der Waals surface area contributed by atoms with Gasteiger partial charge >= 0.3 is 6.09 Å². The first-order chi connectivity index (χ1) is 14.3. The highest BCUT2D eigenvalue weighted by Gasteiger charge is 2.27. The van der Waals surface area contributed by atoms with E-state index in [1.165, 1.54) is 17.6 Å². The molecule has 0 saturated heterocycles. The molecule has 8 nitrogen and oxygen atoms in total. The Balaban J connectivity index is 2.31. The van der Waals surface area contributed by atoms with Crippen LogP contribution in [0.2, 0.25) is 0 Å². The molecular weight excluding hydrogens is 395 g/mol. The van der Waals surface area contributed by atoms with Crippen molar-refractivity contribution in [3.8, 4) is 5.75 Å². The highest BCUT2D eigenvalue weighted by atomic mass is 19.1. The summed E-state index contributed by atoms with van der Waals surface area (Å²) in [6.07, 6.45) is -0.718. The Bertz CT molecular complexity index is 901. The van der Waals surface area contributed by atoms with E-state index in [0.717, 1.165) is 23.8 Å². The largest absolute Gasteiger partial charge is 0.505 e. The predicted octanol–water partition coefficient (Wildman–Crippen LogP) is 3.60. The lowest BCUT2D eigenvalue weighted by atomic mass is 10.0. The summed E-state index contributed by atoms with van der Waals surface area (Å²) < 4.78 is 24.9. The first-order valence-electron chi connectivity index (χ1n) is 9.10. The fourth-order valence-electron chi connectivity index (χ4n) is 2.58. The Kier molecular flexibility index (Phi) is 8.33. The molecular formula is C21H23FN2O6. The van der Waals surface area contributed by atoms with E-state index < -0.39 is 35.8 Å². The predicted molar refractivity (Wildman–Crippen MR) is 107 cm³/mol. The van der Waals surface area contributed by atoms with Gasteiger partial charge in [-0.2, -0.15) is 0 Å². The van der Waals surface area contributed by atoms with Gasteiger partial charge in [-0.1, -0.05) is 23.8 Å². The number of hydrogen-bond donors (Lipinski definition) is 4. The number of carbonyl (C=O) groups is 2. The van der Waals surface area contributed by atoms with Crippen LogP contribution in [-0.2, 0) is 14.3 Å². The number of phenols is 1. The van der Waals surface area contributed by atoms with Crippen molar-refractivity contribution in [2.75, 3.05) is 11.9 Å². The number of anilines is 1. The molecule has 0 heterocycles. The first kappa shape index (κ1) is 22.9. The molecule has 4 N–H and O–H groups in total. The number of hydrogen-bond acceptors (Lipinski definition) is 6. The van der Waals surface area contributed by atoms with Gasteiger partial charge in [0, 0.05) is 18.4 Å². The van der Waals surface area contributed by atoms with Crippen LogP contribution >= 0.6 is 0 Å². The number of rotatable bonds is 8. The van der Waals surface area contributed by atoms with E-state index in [9.17, 15) is 19.1 Å². The summed E-state index contributed by atoms with van der Waals surface area (Å²) in [5.74, 6) is -2.29.